The highest BCUT2D eigenvalue weighted by Crippen LogP contribution is 2.25. The third-order valence-electron chi connectivity index (χ3n) is 2.91. The number of rotatable bonds is 5. The number of nitrogens with one attached hydrogen (secondary N) is 2. The molecule has 0 unspecified atom stereocenters. The topological polar surface area (TPSA) is 45.7 Å². The lowest BCUT2D eigenvalue weighted by Crippen LogP contribution is -2.36. The summed E-state index contributed by atoms with van der Waals surface area (Å²) in [4.78, 5) is 5.50. The lowest BCUT2D eigenvalue weighted by atomic mass is 10.2. The van der Waals surface area contributed by atoms with Gasteiger partial charge in [0.1, 0.15) is 5.75 Å². The second-order valence-corrected chi connectivity index (χ2v) is 6.21. The van der Waals surface area contributed by atoms with Crippen molar-refractivity contribution >= 4 is 57.2 Å². The summed E-state index contributed by atoms with van der Waals surface area (Å²) in [5.74, 6) is 1.62. The second-order valence-electron chi connectivity index (χ2n) is 4.33. The van der Waals surface area contributed by atoms with Gasteiger partial charge in [-0.3, -0.25) is 4.99 Å². The van der Waals surface area contributed by atoms with Gasteiger partial charge in [0.05, 0.1) is 18.1 Å². The Hall–Kier alpha value is -0.800. The SMILES string of the molecule is CN=C(NCc1ccc(OC)c(Br)c1)NCc1cccs1.I. The lowest BCUT2D eigenvalue weighted by molar-refractivity contribution is 0.412. The first kappa shape index (κ1) is 19.2. The van der Waals surface area contributed by atoms with Crippen LogP contribution in [0.3, 0.4) is 0 Å². The molecule has 2 aromatic rings. The smallest absolute Gasteiger partial charge is 0.191 e. The van der Waals surface area contributed by atoms with Gasteiger partial charge in [-0.15, -0.1) is 35.3 Å². The largest absolute Gasteiger partial charge is 0.496 e. The second kappa shape index (κ2) is 10.1. The van der Waals surface area contributed by atoms with Gasteiger partial charge in [0.25, 0.3) is 0 Å². The summed E-state index contributed by atoms with van der Waals surface area (Å²) in [5.41, 5.74) is 1.15. The van der Waals surface area contributed by atoms with E-state index in [-0.39, 0.29) is 24.0 Å². The van der Waals surface area contributed by atoms with E-state index in [1.807, 2.05) is 24.3 Å². The molecular formula is C15H19BrIN3OS. The van der Waals surface area contributed by atoms with E-state index in [1.165, 1.54) is 4.88 Å². The number of hydrogen-bond donors (Lipinski definition) is 2. The highest BCUT2D eigenvalue weighted by Gasteiger charge is 2.03. The third-order valence-corrected chi connectivity index (χ3v) is 4.41. The third kappa shape index (κ3) is 5.77. The monoisotopic (exact) mass is 495 g/mol. The zero-order valence-electron chi connectivity index (χ0n) is 12.4. The molecular weight excluding hydrogens is 477 g/mol. The van der Waals surface area contributed by atoms with Crippen LogP contribution in [-0.4, -0.2) is 20.1 Å². The van der Waals surface area contributed by atoms with E-state index in [4.69, 9.17) is 4.74 Å². The predicted molar refractivity (Wildman–Crippen MR) is 107 cm³/mol. The van der Waals surface area contributed by atoms with Crippen molar-refractivity contribution < 1.29 is 4.74 Å². The summed E-state index contributed by atoms with van der Waals surface area (Å²) >= 11 is 5.22. The van der Waals surface area contributed by atoms with Gasteiger partial charge in [-0.2, -0.15) is 0 Å². The van der Waals surface area contributed by atoms with E-state index >= 15 is 0 Å². The van der Waals surface area contributed by atoms with Crippen LogP contribution in [0.1, 0.15) is 10.4 Å². The molecule has 1 heterocycles. The van der Waals surface area contributed by atoms with Crippen LogP contribution in [0.5, 0.6) is 5.75 Å². The van der Waals surface area contributed by atoms with E-state index in [9.17, 15) is 0 Å². The van der Waals surface area contributed by atoms with Gasteiger partial charge < -0.3 is 15.4 Å². The molecule has 0 amide bonds. The number of hydrogen-bond acceptors (Lipinski definition) is 3. The number of methoxy groups -OCH3 is 1. The number of aliphatic imine (C=N–C) groups is 1. The van der Waals surface area contributed by atoms with Crippen molar-refractivity contribution in [3.63, 3.8) is 0 Å². The van der Waals surface area contributed by atoms with Crippen molar-refractivity contribution in [2.24, 2.45) is 4.99 Å². The molecule has 0 saturated carbocycles. The zero-order chi connectivity index (χ0) is 15.1. The van der Waals surface area contributed by atoms with Gasteiger partial charge in [0.2, 0.25) is 0 Å². The quantitative estimate of drug-likeness (QED) is 0.374. The minimum Gasteiger partial charge on any atom is -0.496 e. The summed E-state index contributed by atoms with van der Waals surface area (Å²) in [5, 5.41) is 8.66. The van der Waals surface area contributed by atoms with E-state index in [0.29, 0.717) is 6.54 Å². The van der Waals surface area contributed by atoms with E-state index in [0.717, 1.165) is 28.3 Å². The lowest BCUT2D eigenvalue weighted by Gasteiger charge is -2.12. The van der Waals surface area contributed by atoms with Gasteiger partial charge in [-0.1, -0.05) is 12.1 Å². The minimum atomic E-state index is 0. The Morgan fingerprint density at radius 2 is 2.05 bits per heavy atom. The number of ether oxygens (including phenoxy) is 1. The molecule has 0 bridgehead atoms. The number of halogens is 2. The van der Waals surface area contributed by atoms with Crippen LogP contribution in [0.15, 0.2) is 45.2 Å². The van der Waals surface area contributed by atoms with Gasteiger partial charge in [0, 0.05) is 18.5 Å². The first-order valence-electron chi connectivity index (χ1n) is 6.52. The van der Waals surface area contributed by atoms with Crippen LogP contribution in [0.4, 0.5) is 0 Å². The molecule has 1 aromatic carbocycles. The normalized spacial score (nSPS) is 10.8. The number of benzene rings is 1. The fourth-order valence-electron chi connectivity index (χ4n) is 1.81. The average molecular weight is 496 g/mol. The molecule has 0 aliphatic carbocycles. The van der Waals surface area contributed by atoms with Gasteiger partial charge >= 0.3 is 0 Å². The first-order chi connectivity index (χ1) is 10.2. The molecule has 120 valence electrons. The summed E-state index contributed by atoms with van der Waals surface area (Å²) in [7, 11) is 3.43. The van der Waals surface area contributed by atoms with Crippen LogP contribution in [0.2, 0.25) is 0 Å². The molecule has 2 N–H and O–H groups in total. The van der Waals surface area contributed by atoms with E-state index < -0.39 is 0 Å². The van der Waals surface area contributed by atoms with Crippen LogP contribution in [0, 0.1) is 0 Å². The van der Waals surface area contributed by atoms with Gasteiger partial charge in [-0.05, 0) is 45.1 Å². The molecule has 0 radical (unpaired) electrons. The molecule has 0 aliphatic heterocycles. The van der Waals surface area contributed by atoms with E-state index in [1.54, 1.807) is 25.5 Å². The highest BCUT2D eigenvalue weighted by atomic mass is 127. The maximum absolute atomic E-state index is 5.22. The first-order valence-corrected chi connectivity index (χ1v) is 8.19. The molecule has 0 fully saturated rings. The number of nitrogens with zero attached hydrogens (tertiary/aromatic N) is 1. The van der Waals surface area contributed by atoms with Crippen LogP contribution in [0.25, 0.3) is 0 Å². The molecule has 1 aromatic heterocycles. The Morgan fingerprint density at radius 1 is 1.27 bits per heavy atom. The minimum absolute atomic E-state index is 0. The van der Waals surface area contributed by atoms with Crippen LogP contribution < -0.4 is 15.4 Å². The van der Waals surface area contributed by atoms with Gasteiger partial charge in [-0.25, -0.2) is 0 Å². The highest BCUT2D eigenvalue weighted by molar-refractivity contribution is 14.0. The number of thiophene rings is 1. The van der Waals surface area contributed by atoms with Crippen LogP contribution in [-0.2, 0) is 13.1 Å². The zero-order valence-corrected chi connectivity index (χ0v) is 17.2. The fraction of sp³-hybridized carbons (Fsp3) is 0.267. The number of guanidine groups is 1. The summed E-state index contributed by atoms with van der Waals surface area (Å²) in [6, 6.07) is 10.2. The Balaban J connectivity index is 0.00000242. The van der Waals surface area contributed by atoms with Crippen molar-refractivity contribution in [1.82, 2.24) is 10.6 Å². The van der Waals surface area contributed by atoms with Gasteiger partial charge in [0.15, 0.2) is 5.96 Å². The molecule has 4 nitrogen and oxygen atoms in total. The molecule has 0 saturated heterocycles. The molecule has 7 heteroatoms. The van der Waals surface area contributed by atoms with Crippen molar-refractivity contribution in [2.45, 2.75) is 13.1 Å². The maximum Gasteiger partial charge on any atom is 0.191 e. The summed E-state index contributed by atoms with van der Waals surface area (Å²) < 4.78 is 6.17. The Bertz CT molecular complexity index is 605. The Kier molecular flexibility index (Phi) is 8.81. The fourth-order valence-corrected chi connectivity index (χ4v) is 3.04. The molecule has 0 atom stereocenters. The predicted octanol–water partition coefficient (Wildman–Crippen LogP) is 4.00. The average Bonchev–Trinajstić information content (AvgIpc) is 3.01. The molecule has 0 spiro atoms. The van der Waals surface area contributed by atoms with Crippen molar-refractivity contribution in [3.05, 3.63) is 50.6 Å². The van der Waals surface area contributed by atoms with Crippen molar-refractivity contribution in [1.29, 1.82) is 0 Å². The van der Waals surface area contributed by atoms with Crippen molar-refractivity contribution in [3.8, 4) is 5.75 Å². The van der Waals surface area contributed by atoms with Crippen molar-refractivity contribution in [2.75, 3.05) is 14.2 Å². The van der Waals surface area contributed by atoms with E-state index in [2.05, 4.69) is 43.0 Å². The summed E-state index contributed by atoms with van der Waals surface area (Å²) in [6.45, 7) is 1.48. The van der Waals surface area contributed by atoms with Crippen LogP contribution >= 0.6 is 51.2 Å². The summed E-state index contributed by atoms with van der Waals surface area (Å²) in [6.07, 6.45) is 0. The molecule has 2 rings (SSSR count). The standard InChI is InChI=1S/C15H18BrN3OS.HI/c1-17-15(19-10-12-4-3-7-21-12)18-9-11-5-6-14(20-2)13(16)8-11;/h3-8H,9-10H2,1-2H3,(H2,17,18,19);1H. The molecule has 0 aliphatic rings. The maximum atomic E-state index is 5.22. The Morgan fingerprint density at radius 3 is 2.64 bits per heavy atom. The molecule has 22 heavy (non-hydrogen) atoms. The Labute approximate surface area is 160 Å².